The van der Waals surface area contributed by atoms with Crippen LogP contribution in [0.3, 0.4) is 0 Å². The maximum absolute atomic E-state index is 11.7. The van der Waals surface area contributed by atoms with Crippen LogP contribution in [0.4, 0.5) is 4.79 Å². The van der Waals surface area contributed by atoms with Crippen LogP contribution in [0, 0.1) is 5.92 Å². The minimum Gasteiger partial charge on any atom is -0.444 e. The van der Waals surface area contributed by atoms with Crippen LogP contribution in [0.25, 0.3) is 0 Å². The SMILES string of the molecule is CC(Br)C1CCN(C(=O)OC(C)(C)C)C1. The van der Waals surface area contributed by atoms with Crippen molar-refractivity contribution in [2.75, 3.05) is 13.1 Å². The molecule has 1 fully saturated rings. The Morgan fingerprint density at radius 3 is 2.53 bits per heavy atom. The molecule has 3 nitrogen and oxygen atoms in total. The lowest BCUT2D eigenvalue weighted by molar-refractivity contribution is 0.0288. The molecule has 0 spiro atoms. The van der Waals surface area contributed by atoms with E-state index in [4.69, 9.17) is 4.74 Å². The average Bonchev–Trinajstić information content (AvgIpc) is 2.47. The molecule has 1 rings (SSSR count). The Labute approximate surface area is 100 Å². The zero-order chi connectivity index (χ0) is 11.6. The molecule has 0 aromatic rings. The highest BCUT2D eigenvalue weighted by Gasteiger charge is 2.31. The van der Waals surface area contributed by atoms with Gasteiger partial charge in [0.2, 0.25) is 0 Å². The van der Waals surface area contributed by atoms with Crippen molar-refractivity contribution in [2.45, 2.75) is 44.5 Å². The third kappa shape index (κ3) is 4.01. The van der Waals surface area contributed by atoms with E-state index in [1.807, 2.05) is 20.8 Å². The van der Waals surface area contributed by atoms with E-state index in [0.29, 0.717) is 10.7 Å². The summed E-state index contributed by atoms with van der Waals surface area (Å²) in [6.07, 6.45) is 0.879. The largest absolute Gasteiger partial charge is 0.444 e. The van der Waals surface area contributed by atoms with Gasteiger partial charge in [0, 0.05) is 17.9 Å². The topological polar surface area (TPSA) is 29.5 Å². The summed E-state index contributed by atoms with van der Waals surface area (Å²) in [5, 5.41) is 0. The van der Waals surface area contributed by atoms with E-state index in [9.17, 15) is 4.79 Å². The van der Waals surface area contributed by atoms with E-state index in [0.717, 1.165) is 19.5 Å². The number of alkyl halides is 1. The molecule has 2 atom stereocenters. The maximum atomic E-state index is 11.7. The van der Waals surface area contributed by atoms with Gasteiger partial charge in [0.05, 0.1) is 0 Å². The Morgan fingerprint density at radius 2 is 2.13 bits per heavy atom. The standard InChI is InChI=1S/C11H20BrNO2/c1-8(12)9-5-6-13(7-9)10(14)15-11(2,3)4/h8-9H,5-7H2,1-4H3. The third-order valence-electron chi connectivity index (χ3n) is 2.53. The minimum atomic E-state index is -0.394. The highest BCUT2D eigenvalue weighted by molar-refractivity contribution is 9.09. The summed E-state index contributed by atoms with van der Waals surface area (Å²) in [6, 6.07) is 0. The van der Waals surface area contributed by atoms with Gasteiger partial charge in [0.25, 0.3) is 0 Å². The van der Waals surface area contributed by atoms with Gasteiger partial charge in [0.15, 0.2) is 0 Å². The van der Waals surface area contributed by atoms with Crippen LogP contribution < -0.4 is 0 Å². The fourth-order valence-electron chi connectivity index (χ4n) is 1.65. The van der Waals surface area contributed by atoms with E-state index in [2.05, 4.69) is 22.9 Å². The van der Waals surface area contributed by atoms with Crippen LogP contribution in [0.15, 0.2) is 0 Å². The van der Waals surface area contributed by atoms with Crippen molar-refractivity contribution in [1.29, 1.82) is 0 Å². The fraction of sp³-hybridized carbons (Fsp3) is 0.909. The van der Waals surface area contributed by atoms with E-state index >= 15 is 0 Å². The molecule has 0 saturated carbocycles. The van der Waals surface area contributed by atoms with Crippen LogP contribution in [0.1, 0.15) is 34.1 Å². The molecule has 1 aliphatic rings. The number of hydrogen-bond acceptors (Lipinski definition) is 2. The minimum absolute atomic E-state index is 0.182. The number of rotatable bonds is 1. The van der Waals surface area contributed by atoms with Crippen molar-refractivity contribution in [3.05, 3.63) is 0 Å². The number of ether oxygens (including phenoxy) is 1. The Morgan fingerprint density at radius 1 is 1.53 bits per heavy atom. The van der Waals surface area contributed by atoms with Gasteiger partial charge in [-0.1, -0.05) is 22.9 Å². The molecule has 1 saturated heterocycles. The van der Waals surface area contributed by atoms with Crippen LogP contribution in [0.5, 0.6) is 0 Å². The molecule has 1 aliphatic heterocycles. The lowest BCUT2D eigenvalue weighted by atomic mass is 10.1. The Hall–Kier alpha value is -0.250. The number of hydrogen-bond donors (Lipinski definition) is 0. The number of likely N-dealkylation sites (tertiary alicyclic amines) is 1. The normalized spacial score (nSPS) is 24.1. The van der Waals surface area contributed by atoms with Gasteiger partial charge < -0.3 is 9.64 Å². The van der Waals surface area contributed by atoms with E-state index in [-0.39, 0.29) is 6.09 Å². The molecule has 0 aromatic heterocycles. The molecule has 0 bridgehead atoms. The van der Waals surface area contributed by atoms with Gasteiger partial charge in [0.1, 0.15) is 5.60 Å². The predicted octanol–water partition coefficient (Wildman–Crippen LogP) is 3.03. The molecule has 88 valence electrons. The summed E-state index contributed by atoms with van der Waals surface area (Å²) in [6.45, 7) is 9.43. The second-order valence-corrected chi connectivity index (χ2v) is 6.60. The molecule has 0 aliphatic carbocycles. The van der Waals surface area contributed by atoms with E-state index < -0.39 is 5.60 Å². The van der Waals surface area contributed by atoms with Gasteiger partial charge in [-0.15, -0.1) is 0 Å². The van der Waals surface area contributed by atoms with Gasteiger partial charge in [-0.3, -0.25) is 0 Å². The number of carbonyl (C=O) groups is 1. The average molecular weight is 278 g/mol. The second kappa shape index (κ2) is 4.73. The van der Waals surface area contributed by atoms with Crippen molar-refractivity contribution in [3.63, 3.8) is 0 Å². The van der Waals surface area contributed by atoms with Gasteiger partial charge in [-0.05, 0) is 33.1 Å². The van der Waals surface area contributed by atoms with E-state index in [1.165, 1.54) is 0 Å². The monoisotopic (exact) mass is 277 g/mol. The fourth-order valence-corrected chi connectivity index (χ4v) is 2.09. The lowest BCUT2D eigenvalue weighted by Crippen LogP contribution is -2.35. The summed E-state index contributed by atoms with van der Waals surface area (Å²) in [5.41, 5.74) is -0.394. The number of nitrogens with zero attached hydrogens (tertiary/aromatic N) is 1. The number of halogens is 1. The molecular weight excluding hydrogens is 258 g/mol. The van der Waals surface area contributed by atoms with Crippen LogP contribution in [-0.4, -0.2) is 34.5 Å². The molecule has 2 unspecified atom stereocenters. The molecular formula is C11H20BrNO2. The Bertz CT molecular complexity index is 235. The Kier molecular flexibility index (Phi) is 4.04. The molecule has 1 heterocycles. The first-order chi connectivity index (χ1) is 6.79. The zero-order valence-corrected chi connectivity index (χ0v) is 11.5. The molecule has 0 radical (unpaired) electrons. The molecule has 4 heteroatoms. The highest BCUT2D eigenvalue weighted by Crippen LogP contribution is 2.25. The van der Waals surface area contributed by atoms with Crippen LogP contribution in [-0.2, 0) is 4.74 Å². The number of amides is 1. The summed E-state index contributed by atoms with van der Waals surface area (Å²) in [7, 11) is 0. The van der Waals surface area contributed by atoms with Crippen LogP contribution >= 0.6 is 15.9 Å². The third-order valence-corrected chi connectivity index (χ3v) is 3.27. The summed E-state index contributed by atoms with van der Waals surface area (Å²) < 4.78 is 5.32. The van der Waals surface area contributed by atoms with Gasteiger partial charge in [-0.2, -0.15) is 0 Å². The van der Waals surface area contributed by atoms with Crippen molar-refractivity contribution < 1.29 is 9.53 Å². The van der Waals surface area contributed by atoms with Gasteiger partial charge in [-0.25, -0.2) is 4.79 Å². The Balaban J connectivity index is 2.44. The first kappa shape index (κ1) is 12.8. The highest BCUT2D eigenvalue weighted by atomic mass is 79.9. The van der Waals surface area contributed by atoms with Crippen LogP contribution in [0.2, 0.25) is 0 Å². The van der Waals surface area contributed by atoms with Crippen molar-refractivity contribution >= 4 is 22.0 Å². The number of carbonyl (C=O) groups excluding carboxylic acids is 1. The molecule has 15 heavy (non-hydrogen) atoms. The summed E-state index contributed by atoms with van der Waals surface area (Å²) >= 11 is 3.56. The molecule has 1 amide bonds. The van der Waals surface area contributed by atoms with Gasteiger partial charge >= 0.3 is 6.09 Å². The zero-order valence-electron chi connectivity index (χ0n) is 9.92. The smallest absolute Gasteiger partial charge is 0.410 e. The van der Waals surface area contributed by atoms with Crippen molar-refractivity contribution in [2.24, 2.45) is 5.92 Å². The predicted molar refractivity (Wildman–Crippen MR) is 64.3 cm³/mol. The molecule has 0 aromatic carbocycles. The first-order valence-electron chi connectivity index (χ1n) is 5.41. The maximum Gasteiger partial charge on any atom is 0.410 e. The van der Waals surface area contributed by atoms with E-state index in [1.54, 1.807) is 4.90 Å². The quantitative estimate of drug-likeness (QED) is 0.690. The summed E-state index contributed by atoms with van der Waals surface area (Å²) in [4.78, 5) is 14.0. The molecule has 0 N–H and O–H groups in total. The first-order valence-corrected chi connectivity index (χ1v) is 6.33. The second-order valence-electron chi connectivity index (χ2n) is 5.15. The van der Waals surface area contributed by atoms with Crippen molar-refractivity contribution in [1.82, 2.24) is 4.90 Å². The van der Waals surface area contributed by atoms with Crippen molar-refractivity contribution in [3.8, 4) is 0 Å². The lowest BCUT2D eigenvalue weighted by Gasteiger charge is -2.24. The summed E-state index contributed by atoms with van der Waals surface area (Å²) in [5.74, 6) is 0.553.